The molecule has 9 heteroatoms. The van der Waals surface area contributed by atoms with Crippen molar-refractivity contribution in [3.05, 3.63) is 58.1 Å². The van der Waals surface area contributed by atoms with Gasteiger partial charge in [0.05, 0.1) is 23.8 Å². The van der Waals surface area contributed by atoms with Gasteiger partial charge in [-0.25, -0.2) is 0 Å². The number of hydrogen-bond acceptors (Lipinski definition) is 5. The zero-order chi connectivity index (χ0) is 17.7. The molecule has 1 amide bonds. The Morgan fingerprint density at radius 2 is 1.88 bits per heavy atom. The fraction of sp³-hybridized carbons (Fsp3) is 0.133. The van der Waals surface area contributed by atoms with Gasteiger partial charge in [-0.3, -0.25) is 14.9 Å². The van der Waals surface area contributed by atoms with Crippen LogP contribution in [0.5, 0.6) is 11.5 Å². The van der Waals surface area contributed by atoms with Crippen molar-refractivity contribution >= 4 is 17.3 Å². The van der Waals surface area contributed by atoms with Gasteiger partial charge in [0, 0.05) is 11.6 Å². The summed E-state index contributed by atoms with van der Waals surface area (Å²) in [6, 6.07) is 8.81. The topological polar surface area (TPSA) is 90.7 Å². The van der Waals surface area contributed by atoms with E-state index in [0.717, 1.165) is 0 Å². The molecule has 1 N–H and O–H groups in total. The van der Waals surface area contributed by atoms with Crippen LogP contribution in [-0.2, 0) is 0 Å². The van der Waals surface area contributed by atoms with E-state index in [1.54, 1.807) is 0 Å². The van der Waals surface area contributed by atoms with Crippen LogP contribution in [0.25, 0.3) is 0 Å². The SMILES string of the molecule is COc1cc([N+](=O)[O-])ccc1NC(=O)c1ccc(OC(F)F)cc1. The molecule has 2 rings (SSSR count). The van der Waals surface area contributed by atoms with Crippen molar-refractivity contribution in [3.8, 4) is 11.5 Å². The molecule has 7 nitrogen and oxygen atoms in total. The largest absolute Gasteiger partial charge is 0.494 e. The first-order valence-electron chi connectivity index (χ1n) is 6.59. The minimum atomic E-state index is -2.95. The highest BCUT2D eigenvalue weighted by Gasteiger charge is 2.14. The molecule has 24 heavy (non-hydrogen) atoms. The number of amides is 1. The van der Waals surface area contributed by atoms with Crippen LogP contribution in [0.3, 0.4) is 0 Å². The van der Waals surface area contributed by atoms with Crippen LogP contribution >= 0.6 is 0 Å². The molecule has 0 unspecified atom stereocenters. The summed E-state index contributed by atoms with van der Waals surface area (Å²) < 4.78 is 33.4. The van der Waals surface area contributed by atoms with E-state index in [2.05, 4.69) is 10.1 Å². The second kappa shape index (κ2) is 7.36. The summed E-state index contributed by atoms with van der Waals surface area (Å²) in [5.41, 5.74) is 0.247. The Kier molecular flexibility index (Phi) is 5.25. The van der Waals surface area contributed by atoms with Crippen molar-refractivity contribution in [2.24, 2.45) is 0 Å². The van der Waals surface area contributed by atoms with Gasteiger partial charge in [-0.1, -0.05) is 0 Å². The molecular formula is C15H12F2N2O5. The van der Waals surface area contributed by atoms with Gasteiger partial charge in [-0.2, -0.15) is 8.78 Å². The number of non-ortho nitro benzene ring substituents is 1. The van der Waals surface area contributed by atoms with Gasteiger partial charge in [0.1, 0.15) is 11.5 Å². The molecule has 0 radical (unpaired) electrons. The minimum Gasteiger partial charge on any atom is -0.494 e. The minimum absolute atomic E-state index is 0.0746. The molecule has 0 aromatic heterocycles. The number of nitro benzene ring substituents is 1. The number of carbonyl (C=O) groups excluding carboxylic acids is 1. The van der Waals surface area contributed by atoms with Gasteiger partial charge >= 0.3 is 6.61 Å². The van der Waals surface area contributed by atoms with Crippen LogP contribution in [0.1, 0.15) is 10.4 Å². The van der Waals surface area contributed by atoms with Gasteiger partial charge in [-0.05, 0) is 30.3 Å². The van der Waals surface area contributed by atoms with Gasteiger partial charge in [0.15, 0.2) is 0 Å². The molecule has 0 fully saturated rings. The summed E-state index contributed by atoms with van der Waals surface area (Å²) in [7, 11) is 1.31. The van der Waals surface area contributed by atoms with E-state index in [-0.39, 0.29) is 28.4 Å². The summed E-state index contributed by atoms with van der Waals surface area (Å²) in [5.74, 6) is -0.490. The summed E-state index contributed by atoms with van der Waals surface area (Å²) in [6.07, 6.45) is 0. The molecule has 0 heterocycles. The van der Waals surface area contributed by atoms with Crippen molar-refractivity contribution in [2.75, 3.05) is 12.4 Å². The number of rotatable bonds is 6. The van der Waals surface area contributed by atoms with Crippen LogP contribution in [0.2, 0.25) is 0 Å². The van der Waals surface area contributed by atoms with E-state index in [4.69, 9.17) is 4.74 Å². The predicted octanol–water partition coefficient (Wildman–Crippen LogP) is 3.46. The lowest BCUT2D eigenvalue weighted by Gasteiger charge is -2.10. The first kappa shape index (κ1) is 17.1. The maximum atomic E-state index is 12.1. The third kappa shape index (κ3) is 4.15. The highest BCUT2D eigenvalue weighted by Crippen LogP contribution is 2.29. The van der Waals surface area contributed by atoms with Gasteiger partial charge in [-0.15, -0.1) is 0 Å². The summed E-state index contributed by atoms with van der Waals surface area (Å²) in [6.45, 7) is -2.95. The number of anilines is 1. The average Bonchev–Trinajstić information content (AvgIpc) is 2.55. The summed E-state index contributed by atoms with van der Waals surface area (Å²) in [4.78, 5) is 22.3. The number of nitrogens with zero attached hydrogens (tertiary/aromatic N) is 1. The molecule has 0 aliphatic carbocycles. The van der Waals surface area contributed by atoms with Crippen molar-refractivity contribution in [1.82, 2.24) is 0 Å². The maximum Gasteiger partial charge on any atom is 0.387 e. The lowest BCUT2D eigenvalue weighted by molar-refractivity contribution is -0.384. The van der Waals surface area contributed by atoms with E-state index in [1.165, 1.54) is 49.6 Å². The molecule has 0 saturated carbocycles. The molecule has 0 bridgehead atoms. The van der Waals surface area contributed by atoms with Gasteiger partial charge in [0.25, 0.3) is 11.6 Å². The quantitative estimate of drug-likeness (QED) is 0.643. The fourth-order valence-electron chi connectivity index (χ4n) is 1.88. The first-order chi connectivity index (χ1) is 11.4. The Balaban J connectivity index is 2.15. The zero-order valence-corrected chi connectivity index (χ0v) is 12.4. The number of ether oxygens (including phenoxy) is 2. The smallest absolute Gasteiger partial charge is 0.387 e. The highest BCUT2D eigenvalue weighted by atomic mass is 19.3. The third-order valence-electron chi connectivity index (χ3n) is 2.99. The average molecular weight is 338 g/mol. The number of alkyl halides is 2. The Bertz CT molecular complexity index is 750. The molecule has 0 aliphatic heterocycles. The summed E-state index contributed by atoms with van der Waals surface area (Å²) in [5, 5.41) is 13.3. The van der Waals surface area contributed by atoms with Crippen molar-refractivity contribution in [1.29, 1.82) is 0 Å². The molecule has 0 aliphatic rings. The number of carbonyl (C=O) groups is 1. The van der Waals surface area contributed by atoms with Crippen LogP contribution in [0.15, 0.2) is 42.5 Å². The van der Waals surface area contributed by atoms with E-state index in [9.17, 15) is 23.7 Å². The molecular weight excluding hydrogens is 326 g/mol. The van der Waals surface area contributed by atoms with Crippen molar-refractivity contribution < 1.29 is 28.0 Å². The maximum absolute atomic E-state index is 12.1. The van der Waals surface area contributed by atoms with Gasteiger partial charge < -0.3 is 14.8 Å². The number of methoxy groups -OCH3 is 1. The van der Waals surface area contributed by atoms with E-state index < -0.39 is 17.4 Å². The molecule has 0 spiro atoms. The molecule has 0 saturated heterocycles. The fourth-order valence-corrected chi connectivity index (χ4v) is 1.88. The molecule has 126 valence electrons. The molecule has 2 aromatic rings. The number of halogens is 2. The zero-order valence-electron chi connectivity index (χ0n) is 12.4. The van der Waals surface area contributed by atoms with Gasteiger partial charge in [0.2, 0.25) is 0 Å². The second-order valence-corrected chi connectivity index (χ2v) is 4.50. The number of nitro groups is 1. The molecule has 0 atom stereocenters. The normalized spacial score (nSPS) is 10.3. The van der Waals surface area contributed by atoms with E-state index in [0.29, 0.717) is 0 Å². The van der Waals surface area contributed by atoms with E-state index >= 15 is 0 Å². The van der Waals surface area contributed by atoms with Crippen LogP contribution in [0.4, 0.5) is 20.2 Å². The number of hydrogen-bond donors (Lipinski definition) is 1. The van der Waals surface area contributed by atoms with Crippen LogP contribution in [0, 0.1) is 10.1 Å². The first-order valence-corrected chi connectivity index (χ1v) is 6.59. The molecule has 2 aromatic carbocycles. The second-order valence-electron chi connectivity index (χ2n) is 4.50. The number of nitrogens with one attached hydrogen (secondary N) is 1. The van der Waals surface area contributed by atoms with E-state index in [1.807, 2.05) is 0 Å². The Morgan fingerprint density at radius 3 is 2.42 bits per heavy atom. The third-order valence-corrected chi connectivity index (χ3v) is 2.99. The summed E-state index contributed by atoms with van der Waals surface area (Å²) >= 11 is 0. The van der Waals surface area contributed by atoms with Crippen molar-refractivity contribution in [3.63, 3.8) is 0 Å². The Hall–Kier alpha value is -3.23. The Labute approximate surface area is 135 Å². The standard InChI is InChI=1S/C15H12F2N2O5/c1-23-13-8-10(19(21)22)4-7-12(13)18-14(20)9-2-5-11(6-3-9)24-15(16)17/h2-8,15H,1H3,(H,18,20). The lowest BCUT2D eigenvalue weighted by atomic mass is 10.2. The predicted molar refractivity (Wildman–Crippen MR) is 80.7 cm³/mol. The van der Waals surface area contributed by atoms with Crippen LogP contribution in [-0.4, -0.2) is 24.6 Å². The lowest BCUT2D eigenvalue weighted by Crippen LogP contribution is -2.13. The number of benzene rings is 2. The monoisotopic (exact) mass is 338 g/mol. The Morgan fingerprint density at radius 1 is 1.21 bits per heavy atom. The van der Waals surface area contributed by atoms with Crippen LogP contribution < -0.4 is 14.8 Å². The van der Waals surface area contributed by atoms with Crippen molar-refractivity contribution in [2.45, 2.75) is 6.61 Å². The highest BCUT2D eigenvalue weighted by molar-refractivity contribution is 6.05.